The number of carbonyl (C=O) groups is 2. The van der Waals surface area contributed by atoms with Crippen LogP contribution in [0.25, 0.3) is 22.3 Å². The summed E-state index contributed by atoms with van der Waals surface area (Å²) in [5, 5.41) is 0. The molecule has 0 spiro atoms. The largest absolute Gasteiger partial charge is 0.494 e. The van der Waals surface area contributed by atoms with Gasteiger partial charge in [-0.1, -0.05) is 63.8 Å². The number of rotatable bonds is 12. The Bertz CT molecular complexity index is 1570. The minimum Gasteiger partial charge on any atom is -0.494 e. The van der Waals surface area contributed by atoms with Gasteiger partial charge >= 0.3 is 0 Å². The van der Waals surface area contributed by atoms with Crippen LogP contribution in [0.3, 0.4) is 0 Å². The molecule has 8 N–H and O–H groups in total. The van der Waals surface area contributed by atoms with Crippen molar-refractivity contribution in [2.75, 3.05) is 36.1 Å². The van der Waals surface area contributed by atoms with Crippen LogP contribution in [0.1, 0.15) is 84.2 Å². The third-order valence-electron chi connectivity index (χ3n) is 8.07. The lowest BCUT2D eigenvalue weighted by Crippen LogP contribution is -2.27. The van der Waals surface area contributed by atoms with Crippen molar-refractivity contribution in [3.8, 4) is 33.8 Å². The van der Waals surface area contributed by atoms with E-state index in [0.717, 1.165) is 61.2 Å². The number of hydrogen-bond acceptors (Lipinski definition) is 8. The van der Waals surface area contributed by atoms with Gasteiger partial charge in [0.15, 0.2) is 11.6 Å². The van der Waals surface area contributed by atoms with Gasteiger partial charge in [0.2, 0.25) is 0 Å². The average molecular weight is 593 g/mol. The monoisotopic (exact) mass is 592 g/mol. The highest BCUT2D eigenvalue weighted by Gasteiger charge is 2.38. The fourth-order valence-electron chi connectivity index (χ4n) is 5.67. The molecule has 0 heterocycles. The van der Waals surface area contributed by atoms with Gasteiger partial charge in [-0.2, -0.15) is 0 Å². The lowest BCUT2D eigenvalue weighted by Gasteiger charge is -2.26. The topological polar surface area (TPSA) is 157 Å². The van der Waals surface area contributed by atoms with E-state index < -0.39 is 11.6 Å². The molecule has 0 amide bonds. The van der Waals surface area contributed by atoms with Crippen LogP contribution in [0.5, 0.6) is 11.5 Å². The molecule has 0 saturated heterocycles. The number of ketones is 2. The third kappa shape index (κ3) is 5.80. The van der Waals surface area contributed by atoms with Gasteiger partial charge < -0.3 is 32.4 Å². The third-order valence-corrected chi connectivity index (χ3v) is 8.07. The molecule has 5 rings (SSSR count). The second-order valence-corrected chi connectivity index (χ2v) is 11.2. The Labute approximate surface area is 258 Å². The molecule has 0 bridgehead atoms. The summed E-state index contributed by atoms with van der Waals surface area (Å²) >= 11 is 0. The highest BCUT2D eigenvalue weighted by Crippen LogP contribution is 2.45. The van der Waals surface area contributed by atoms with Gasteiger partial charge in [-0.15, -0.1) is 0 Å². The van der Waals surface area contributed by atoms with Gasteiger partial charge in [-0.3, -0.25) is 9.59 Å². The first-order valence-electron chi connectivity index (χ1n) is 15.3. The molecule has 0 aromatic heterocycles. The SMILES string of the molecule is CCCCCOc1ccc(-c2cc(N)c3c(c2N)C(=O)c2c(N)cc(-c4ccc(OCCCCC)cc4)c(N)c2C3=O)cc1. The summed E-state index contributed by atoms with van der Waals surface area (Å²) in [7, 11) is 0. The number of nitrogen functional groups attached to an aromatic ring is 4. The van der Waals surface area contributed by atoms with Crippen molar-refractivity contribution in [2.45, 2.75) is 52.4 Å². The number of anilines is 4. The van der Waals surface area contributed by atoms with Crippen molar-refractivity contribution in [3.63, 3.8) is 0 Å². The highest BCUT2D eigenvalue weighted by atomic mass is 16.5. The number of fused-ring (bicyclic) bond motifs is 2. The highest BCUT2D eigenvalue weighted by molar-refractivity contribution is 6.36. The van der Waals surface area contributed by atoms with Crippen LogP contribution in [-0.2, 0) is 0 Å². The molecule has 0 radical (unpaired) electrons. The fraction of sp³-hybridized carbons (Fsp3) is 0.278. The summed E-state index contributed by atoms with van der Waals surface area (Å²) in [6.45, 7) is 5.57. The molecule has 4 aromatic rings. The zero-order valence-corrected chi connectivity index (χ0v) is 25.4. The maximum absolute atomic E-state index is 14.0. The molecule has 8 nitrogen and oxygen atoms in total. The Morgan fingerprint density at radius 2 is 0.886 bits per heavy atom. The maximum atomic E-state index is 14.0. The molecule has 0 aliphatic heterocycles. The van der Waals surface area contributed by atoms with E-state index in [2.05, 4.69) is 13.8 Å². The van der Waals surface area contributed by atoms with Crippen molar-refractivity contribution >= 4 is 34.3 Å². The van der Waals surface area contributed by atoms with Crippen LogP contribution in [0.2, 0.25) is 0 Å². The average Bonchev–Trinajstić information content (AvgIpc) is 3.02. The normalized spacial score (nSPS) is 12.1. The van der Waals surface area contributed by atoms with Crippen LogP contribution in [0, 0.1) is 0 Å². The van der Waals surface area contributed by atoms with Crippen molar-refractivity contribution in [2.24, 2.45) is 0 Å². The van der Waals surface area contributed by atoms with E-state index >= 15 is 0 Å². The Balaban J connectivity index is 1.48. The number of benzene rings is 4. The molecule has 1 aliphatic carbocycles. The Morgan fingerprint density at radius 1 is 0.523 bits per heavy atom. The van der Waals surface area contributed by atoms with Crippen LogP contribution in [0.15, 0.2) is 60.7 Å². The second kappa shape index (κ2) is 13.1. The van der Waals surface area contributed by atoms with Gasteiger partial charge in [0.05, 0.1) is 46.8 Å². The number of nitrogens with two attached hydrogens (primary N) is 4. The first kappa shape index (κ1) is 30.5. The molecule has 0 atom stereocenters. The van der Waals surface area contributed by atoms with E-state index in [-0.39, 0.29) is 45.0 Å². The van der Waals surface area contributed by atoms with E-state index in [1.54, 1.807) is 12.1 Å². The second-order valence-electron chi connectivity index (χ2n) is 11.2. The summed E-state index contributed by atoms with van der Waals surface area (Å²) in [6, 6.07) is 18.1. The lowest BCUT2D eigenvalue weighted by molar-refractivity contribution is 0.0981. The number of hydrogen-bond donors (Lipinski definition) is 4. The first-order chi connectivity index (χ1) is 21.3. The van der Waals surface area contributed by atoms with E-state index in [9.17, 15) is 9.59 Å². The van der Waals surface area contributed by atoms with Gasteiger partial charge in [0.1, 0.15) is 11.5 Å². The smallest absolute Gasteiger partial charge is 0.198 e. The molecule has 0 fully saturated rings. The van der Waals surface area contributed by atoms with Gasteiger partial charge in [-0.25, -0.2) is 0 Å². The molecular weight excluding hydrogens is 552 g/mol. The molecule has 44 heavy (non-hydrogen) atoms. The van der Waals surface area contributed by atoms with Crippen LogP contribution < -0.4 is 32.4 Å². The maximum Gasteiger partial charge on any atom is 0.198 e. The number of ether oxygens (including phenoxy) is 2. The summed E-state index contributed by atoms with van der Waals surface area (Å²) in [4.78, 5) is 28.0. The quantitative estimate of drug-likeness (QED) is 0.0870. The minimum absolute atomic E-state index is 0.0405. The lowest BCUT2D eigenvalue weighted by atomic mass is 9.78. The Morgan fingerprint density at radius 3 is 1.23 bits per heavy atom. The fourth-order valence-corrected chi connectivity index (χ4v) is 5.67. The molecule has 228 valence electrons. The predicted molar refractivity (Wildman–Crippen MR) is 178 cm³/mol. The van der Waals surface area contributed by atoms with Crippen LogP contribution in [0.4, 0.5) is 22.7 Å². The molecule has 4 aromatic carbocycles. The first-order valence-corrected chi connectivity index (χ1v) is 15.3. The Hall–Kier alpha value is -4.98. The number of unbranched alkanes of at least 4 members (excludes halogenated alkanes) is 4. The summed E-state index contributed by atoms with van der Waals surface area (Å²) in [5.41, 5.74) is 29.4. The minimum atomic E-state index is -0.483. The number of carbonyl (C=O) groups excluding carboxylic acids is 2. The van der Waals surface area contributed by atoms with Crippen molar-refractivity contribution in [1.29, 1.82) is 0 Å². The standard InChI is InChI=1S/C36H40N4O4/c1-3-5-7-17-43-23-13-9-21(10-14-23)25-19-27(37)29-31(33(25)39)35(41)30-28(38)20-26(34(40)32(30)36(29)42)22-11-15-24(16-12-22)44-18-8-6-4-2/h9-16,19-20H,3-8,17-18,37-40H2,1-2H3. The van der Waals surface area contributed by atoms with E-state index in [1.165, 1.54) is 0 Å². The van der Waals surface area contributed by atoms with Crippen molar-refractivity contribution in [1.82, 2.24) is 0 Å². The van der Waals surface area contributed by atoms with E-state index in [0.29, 0.717) is 24.3 Å². The van der Waals surface area contributed by atoms with Crippen LogP contribution in [-0.4, -0.2) is 24.8 Å². The zero-order valence-electron chi connectivity index (χ0n) is 25.4. The van der Waals surface area contributed by atoms with Crippen LogP contribution >= 0.6 is 0 Å². The molecule has 1 aliphatic rings. The predicted octanol–water partition coefficient (Wildman–Crippen LogP) is 7.26. The Kier molecular flexibility index (Phi) is 9.09. The van der Waals surface area contributed by atoms with Crippen molar-refractivity contribution < 1.29 is 19.1 Å². The summed E-state index contributed by atoms with van der Waals surface area (Å²) in [5.74, 6) is 0.511. The molecule has 0 unspecified atom stereocenters. The molecular formula is C36H40N4O4. The van der Waals surface area contributed by atoms with Gasteiger partial charge in [-0.05, 0) is 60.4 Å². The van der Waals surface area contributed by atoms with Gasteiger partial charge in [0.25, 0.3) is 0 Å². The van der Waals surface area contributed by atoms with Crippen molar-refractivity contribution in [3.05, 3.63) is 82.9 Å². The van der Waals surface area contributed by atoms with E-state index in [4.69, 9.17) is 32.4 Å². The summed E-state index contributed by atoms with van der Waals surface area (Å²) < 4.78 is 11.6. The molecule has 0 saturated carbocycles. The zero-order chi connectivity index (χ0) is 31.4. The molecule has 8 heteroatoms. The van der Waals surface area contributed by atoms with E-state index in [1.807, 2.05) is 48.5 Å². The summed E-state index contributed by atoms with van der Waals surface area (Å²) in [6.07, 6.45) is 6.43. The van der Waals surface area contributed by atoms with Gasteiger partial charge in [0, 0.05) is 22.5 Å².